The van der Waals surface area contributed by atoms with Crippen LogP contribution in [0.25, 0.3) is 0 Å². The van der Waals surface area contributed by atoms with Crippen molar-refractivity contribution in [2.45, 2.75) is 26.1 Å². The Labute approximate surface area is 149 Å². The molecule has 0 radical (unpaired) electrons. The summed E-state index contributed by atoms with van der Waals surface area (Å²) in [5.41, 5.74) is 0.0147. The smallest absolute Gasteiger partial charge is 0.433 e. The molecule has 0 aliphatic rings. The summed E-state index contributed by atoms with van der Waals surface area (Å²) in [5.74, 6) is 0.467. The van der Waals surface area contributed by atoms with E-state index >= 15 is 0 Å². The van der Waals surface area contributed by atoms with Gasteiger partial charge in [0.25, 0.3) is 0 Å². The van der Waals surface area contributed by atoms with E-state index in [0.717, 1.165) is 17.8 Å². The van der Waals surface area contributed by atoms with Crippen LogP contribution in [0.1, 0.15) is 24.6 Å². The van der Waals surface area contributed by atoms with E-state index < -0.39 is 11.9 Å². The van der Waals surface area contributed by atoms with E-state index in [-0.39, 0.29) is 11.7 Å². The summed E-state index contributed by atoms with van der Waals surface area (Å²) in [5, 5.41) is 3.12. The monoisotopic (exact) mass is 368 g/mol. The molecule has 0 amide bonds. The first-order chi connectivity index (χ1) is 12.4. The minimum Gasteiger partial charge on any atom is -0.466 e. The predicted molar refractivity (Wildman–Crippen MR) is 88.7 cm³/mol. The van der Waals surface area contributed by atoms with Gasteiger partial charge in [-0.25, -0.2) is 4.98 Å². The molecule has 1 heterocycles. The number of esters is 1. The molecule has 140 valence electrons. The predicted octanol–water partition coefficient (Wildman–Crippen LogP) is 3.94. The van der Waals surface area contributed by atoms with Gasteiger partial charge in [0.15, 0.2) is 0 Å². The standard InChI is InChI=1S/C18H19F3N2O3/c1-2-25-17(24)9-10-22-11-13-3-5-14(6-4-13)26-15-7-8-16(23-12-15)18(19,20)21/h3-8,12,22H,2,9-11H2,1H3. The van der Waals surface area contributed by atoms with E-state index in [1.165, 1.54) is 6.07 Å². The van der Waals surface area contributed by atoms with Gasteiger partial charge in [0, 0.05) is 13.1 Å². The zero-order chi connectivity index (χ0) is 19.0. The quantitative estimate of drug-likeness (QED) is 0.565. The molecule has 1 aromatic heterocycles. The Kier molecular flexibility index (Phi) is 6.97. The van der Waals surface area contributed by atoms with Crippen molar-refractivity contribution in [2.24, 2.45) is 0 Å². The number of hydrogen-bond acceptors (Lipinski definition) is 5. The van der Waals surface area contributed by atoms with E-state index in [2.05, 4.69) is 10.3 Å². The lowest BCUT2D eigenvalue weighted by Crippen LogP contribution is -2.18. The molecule has 8 heteroatoms. The molecule has 0 saturated carbocycles. The van der Waals surface area contributed by atoms with Crippen molar-refractivity contribution in [3.05, 3.63) is 53.9 Å². The molecule has 2 rings (SSSR count). The summed E-state index contributed by atoms with van der Waals surface area (Å²) < 4.78 is 47.7. The Bertz CT molecular complexity index is 701. The first-order valence-corrected chi connectivity index (χ1v) is 8.05. The number of rotatable bonds is 8. The van der Waals surface area contributed by atoms with Gasteiger partial charge in [0.1, 0.15) is 17.2 Å². The lowest BCUT2D eigenvalue weighted by molar-refractivity contribution is -0.143. The zero-order valence-electron chi connectivity index (χ0n) is 14.2. The highest BCUT2D eigenvalue weighted by Crippen LogP contribution is 2.29. The summed E-state index contributed by atoms with van der Waals surface area (Å²) >= 11 is 0. The minimum atomic E-state index is -4.47. The van der Waals surface area contributed by atoms with Crippen LogP contribution in [-0.2, 0) is 22.3 Å². The second-order valence-corrected chi connectivity index (χ2v) is 5.35. The van der Waals surface area contributed by atoms with E-state index in [9.17, 15) is 18.0 Å². The second-order valence-electron chi connectivity index (χ2n) is 5.35. The van der Waals surface area contributed by atoms with Crippen molar-refractivity contribution < 1.29 is 27.4 Å². The zero-order valence-corrected chi connectivity index (χ0v) is 14.2. The first-order valence-electron chi connectivity index (χ1n) is 8.05. The van der Waals surface area contributed by atoms with E-state index in [1.54, 1.807) is 19.1 Å². The summed E-state index contributed by atoms with van der Waals surface area (Å²) in [6, 6.07) is 9.16. The lowest BCUT2D eigenvalue weighted by Gasteiger charge is -2.09. The number of benzene rings is 1. The number of carbonyl (C=O) groups is 1. The van der Waals surface area contributed by atoms with Gasteiger partial charge >= 0.3 is 12.1 Å². The number of aromatic nitrogens is 1. The van der Waals surface area contributed by atoms with Gasteiger partial charge in [-0.2, -0.15) is 13.2 Å². The summed E-state index contributed by atoms with van der Waals surface area (Å²) in [4.78, 5) is 14.5. The molecule has 0 spiro atoms. The summed E-state index contributed by atoms with van der Waals surface area (Å²) in [6.07, 6.45) is -3.13. The Morgan fingerprint density at radius 2 is 1.81 bits per heavy atom. The second kappa shape index (κ2) is 9.19. The van der Waals surface area contributed by atoms with Crippen LogP contribution in [0.2, 0.25) is 0 Å². The number of nitrogens with one attached hydrogen (secondary N) is 1. The molecule has 5 nitrogen and oxygen atoms in total. The fourth-order valence-electron chi connectivity index (χ4n) is 2.08. The van der Waals surface area contributed by atoms with Crippen LogP contribution >= 0.6 is 0 Å². The Morgan fingerprint density at radius 1 is 1.12 bits per heavy atom. The van der Waals surface area contributed by atoms with Crippen LogP contribution in [0.15, 0.2) is 42.6 Å². The number of hydrogen-bond donors (Lipinski definition) is 1. The van der Waals surface area contributed by atoms with Gasteiger partial charge in [-0.15, -0.1) is 0 Å². The van der Waals surface area contributed by atoms with Gasteiger partial charge in [0.2, 0.25) is 0 Å². The molecule has 0 aliphatic heterocycles. The molecular formula is C18H19F3N2O3. The van der Waals surface area contributed by atoms with E-state index in [1.807, 2.05) is 12.1 Å². The van der Waals surface area contributed by atoms with E-state index in [0.29, 0.717) is 31.9 Å². The van der Waals surface area contributed by atoms with Gasteiger partial charge in [0.05, 0.1) is 19.2 Å². The van der Waals surface area contributed by atoms with Gasteiger partial charge in [-0.1, -0.05) is 12.1 Å². The largest absolute Gasteiger partial charge is 0.466 e. The molecule has 0 saturated heterocycles. The van der Waals surface area contributed by atoms with Crippen LogP contribution < -0.4 is 10.1 Å². The fourth-order valence-corrected chi connectivity index (χ4v) is 2.08. The average Bonchev–Trinajstić information content (AvgIpc) is 2.60. The van der Waals surface area contributed by atoms with Crippen LogP contribution in [0.5, 0.6) is 11.5 Å². The Balaban J connectivity index is 1.81. The topological polar surface area (TPSA) is 60.5 Å². The maximum Gasteiger partial charge on any atom is 0.433 e. The van der Waals surface area contributed by atoms with Crippen molar-refractivity contribution in [2.75, 3.05) is 13.2 Å². The maximum atomic E-state index is 12.5. The molecule has 0 bridgehead atoms. The number of alkyl halides is 3. The highest BCUT2D eigenvalue weighted by Gasteiger charge is 2.32. The average molecular weight is 368 g/mol. The third kappa shape index (κ3) is 6.36. The van der Waals surface area contributed by atoms with E-state index in [4.69, 9.17) is 9.47 Å². The molecule has 2 aromatic rings. The van der Waals surface area contributed by atoms with Crippen molar-refractivity contribution in [3.63, 3.8) is 0 Å². The molecule has 0 aliphatic carbocycles. The molecule has 1 N–H and O–H groups in total. The van der Waals surface area contributed by atoms with Crippen LogP contribution in [0, 0.1) is 0 Å². The Hall–Kier alpha value is -2.61. The van der Waals surface area contributed by atoms with Crippen molar-refractivity contribution >= 4 is 5.97 Å². The number of ether oxygens (including phenoxy) is 2. The maximum absolute atomic E-state index is 12.5. The highest BCUT2D eigenvalue weighted by molar-refractivity contribution is 5.69. The molecule has 1 aromatic carbocycles. The van der Waals surface area contributed by atoms with Crippen molar-refractivity contribution in [1.29, 1.82) is 0 Å². The van der Waals surface area contributed by atoms with Gasteiger partial charge in [-0.3, -0.25) is 4.79 Å². The van der Waals surface area contributed by atoms with Crippen LogP contribution in [0.3, 0.4) is 0 Å². The highest BCUT2D eigenvalue weighted by atomic mass is 19.4. The SMILES string of the molecule is CCOC(=O)CCNCc1ccc(Oc2ccc(C(F)(F)F)nc2)cc1. The summed E-state index contributed by atoms with van der Waals surface area (Å²) in [7, 11) is 0. The first kappa shape index (κ1) is 19.7. The molecule has 26 heavy (non-hydrogen) atoms. The number of carbonyl (C=O) groups excluding carboxylic acids is 1. The number of pyridine rings is 1. The van der Waals surface area contributed by atoms with Crippen molar-refractivity contribution in [3.8, 4) is 11.5 Å². The minimum absolute atomic E-state index is 0.221. The normalized spacial score (nSPS) is 11.2. The lowest BCUT2D eigenvalue weighted by atomic mass is 10.2. The third-order valence-corrected chi connectivity index (χ3v) is 3.33. The van der Waals surface area contributed by atoms with Gasteiger partial charge in [-0.05, 0) is 36.8 Å². The van der Waals surface area contributed by atoms with Crippen molar-refractivity contribution in [1.82, 2.24) is 10.3 Å². The molecule has 0 fully saturated rings. The third-order valence-electron chi connectivity index (χ3n) is 3.33. The van der Waals surface area contributed by atoms with Crippen LogP contribution in [0.4, 0.5) is 13.2 Å². The number of halogens is 3. The molecule has 0 atom stereocenters. The van der Waals surface area contributed by atoms with Crippen LogP contribution in [-0.4, -0.2) is 24.1 Å². The van der Waals surface area contributed by atoms with Gasteiger partial charge < -0.3 is 14.8 Å². The Morgan fingerprint density at radius 3 is 2.38 bits per heavy atom. The number of nitrogens with zero attached hydrogens (tertiary/aromatic N) is 1. The fraction of sp³-hybridized carbons (Fsp3) is 0.333. The molecule has 0 unspecified atom stereocenters. The summed E-state index contributed by atoms with van der Waals surface area (Å²) in [6.45, 7) is 3.21. The molecular weight excluding hydrogens is 349 g/mol.